The average molecular weight is 152 g/mol. The lowest BCUT2D eigenvalue weighted by Crippen LogP contribution is -2.72. The molecule has 0 amide bonds. The Morgan fingerprint density at radius 2 is 2.09 bits per heavy atom. The Bertz CT molecular complexity index is 273. The van der Waals surface area contributed by atoms with E-state index in [1.165, 1.54) is 0 Å². The van der Waals surface area contributed by atoms with Crippen molar-refractivity contribution in [2.24, 2.45) is 0 Å². The normalized spacial score (nSPS) is 13.5. The molecule has 1 heterocycles. The smallest absolute Gasteiger partial charge is 0.231 e. The van der Waals surface area contributed by atoms with E-state index in [4.69, 9.17) is 9.47 Å². The number of hydrogen-bond acceptors (Lipinski definition) is 2. The molecule has 58 valence electrons. The Kier molecular flexibility index (Phi) is 1.43. The maximum atomic E-state index is 5.20. The van der Waals surface area contributed by atoms with Crippen LogP contribution in [0.1, 0.15) is 0 Å². The number of hydrogen-bond donors (Lipinski definition) is 1. The second-order valence-electron chi connectivity index (χ2n) is 2.40. The van der Waals surface area contributed by atoms with Gasteiger partial charge in [0.05, 0.1) is 7.05 Å². The van der Waals surface area contributed by atoms with Crippen LogP contribution in [0.15, 0.2) is 18.2 Å². The van der Waals surface area contributed by atoms with E-state index < -0.39 is 0 Å². The molecule has 0 saturated heterocycles. The van der Waals surface area contributed by atoms with Gasteiger partial charge in [-0.15, -0.1) is 0 Å². The van der Waals surface area contributed by atoms with Gasteiger partial charge in [-0.1, -0.05) is 0 Å². The summed E-state index contributed by atoms with van der Waals surface area (Å²) in [6.07, 6.45) is 0. The minimum atomic E-state index is 0.350. The number of nitrogens with two attached hydrogens (primary N) is 1. The summed E-state index contributed by atoms with van der Waals surface area (Å²) in [4.78, 5) is 0. The molecule has 0 unspecified atom stereocenters. The highest BCUT2D eigenvalue weighted by Crippen LogP contribution is 2.32. The molecular weight excluding hydrogens is 142 g/mol. The van der Waals surface area contributed by atoms with Gasteiger partial charge in [-0.2, -0.15) is 0 Å². The zero-order valence-electron chi connectivity index (χ0n) is 6.33. The number of ether oxygens (including phenoxy) is 2. The summed E-state index contributed by atoms with van der Waals surface area (Å²) in [6.45, 7) is 0.350. The highest BCUT2D eigenvalue weighted by atomic mass is 16.7. The molecule has 2 rings (SSSR count). The zero-order valence-corrected chi connectivity index (χ0v) is 6.33. The summed E-state index contributed by atoms with van der Waals surface area (Å²) in [5, 5.41) is 2.03. The van der Waals surface area contributed by atoms with Crippen molar-refractivity contribution in [3.63, 3.8) is 0 Å². The predicted molar refractivity (Wildman–Crippen MR) is 40.1 cm³/mol. The SMILES string of the molecule is C[NH2+]c1ccc2c(c1)OCO2. The second kappa shape index (κ2) is 2.43. The van der Waals surface area contributed by atoms with E-state index in [0.717, 1.165) is 17.2 Å². The Hall–Kier alpha value is -1.22. The summed E-state index contributed by atoms with van der Waals surface area (Å²) >= 11 is 0. The van der Waals surface area contributed by atoms with E-state index in [1.54, 1.807) is 0 Å². The minimum Gasteiger partial charge on any atom is -0.454 e. The van der Waals surface area contributed by atoms with Crippen LogP contribution in [-0.4, -0.2) is 13.8 Å². The molecule has 1 aromatic rings. The highest BCUT2D eigenvalue weighted by Gasteiger charge is 2.13. The van der Waals surface area contributed by atoms with Crippen LogP contribution < -0.4 is 14.8 Å². The van der Waals surface area contributed by atoms with Crippen LogP contribution in [-0.2, 0) is 0 Å². The van der Waals surface area contributed by atoms with Crippen molar-refractivity contribution in [1.29, 1.82) is 0 Å². The van der Waals surface area contributed by atoms with Gasteiger partial charge < -0.3 is 14.8 Å². The summed E-state index contributed by atoms with van der Waals surface area (Å²) < 4.78 is 10.4. The van der Waals surface area contributed by atoms with Crippen LogP contribution in [0.3, 0.4) is 0 Å². The minimum absolute atomic E-state index is 0.350. The fraction of sp³-hybridized carbons (Fsp3) is 0.250. The second-order valence-corrected chi connectivity index (χ2v) is 2.40. The lowest BCUT2D eigenvalue weighted by Gasteiger charge is -1.96. The van der Waals surface area contributed by atoms with Crippen molar-refractivity contribution in [3.05, 3.63) is 18.2 Å². The Balaban J connectivity index is 2.41. The van der Waals surface area contributed by atoms with Gasteiger partial charge in [-0.05, 0) is 6.07 Å². The maximum absolute atomic E-state index is 5.20. The first-order valence-corrected chi connectivity index (χ1v) is 3.59. The first-order chi connectivity index (χ1) is 5.40. The third kappa shape index (κ3) is 1.03. The largest absolute Gasteiger partial charge is 0.454 e. The average Bonchev–Trinajstić information content (AvgIpc) is 2.50. The fourth-order valence-electron chi connectivity index (χ4n) is 1.09. The van der Waals surface area contributed by atoms with Crippen LogP contribution in [0.25, 0.3) is 0 Å². The number of benzene rings is 1. The van der Waals surface area contributed by atoms with Gasteiger partial charge in [0.15, 0.2) is 11.5 Å². The summed E-state index contributed by atoms with van der Waals surface area (Å²) in [5.74, 6) is 1.69. The molecule has 2 N–H and O–H groups in total. The lowest BCUT2D eigenvalue weighted by atomic mass is 10.3. The molecule has 0 bridgehead atoms. The van der Waals surface area contributed by atoms with Crippen molar-refractivity contribution in [3.8, 4) is 11.5 Å². The van der Waals surface area contributed by atoms with Crippen LogP contribution in [0.4, 0.5) is 5.69 Å². The molecule has 0 fully saturated rings. The number of fused-ring (bicyclic) bond motifs is 1. The molecule has 0 aliphatic carbocycles. The molecule has 1 aliphatic rings. The third-order valence-corrected chi connectivity index (χ3v) is 1.73. The summed E-state index contributed by atoms with van der Waals surface area (Å²) in [7, 11) is 2.00. The van der Waals surface area contributed by atoms with Crippen molar-refractivity contribution in [2.75, 3.05) is 13.8 Å². The molecule has 0 spiro atoms. The maximum Gasteiger partial charge on any atom is 0.231 e. The van der Waals surface area contributed by atoms with E-state index in [0.29, 0.717) is 6.79 Å². The third-order valence-electron chi connectivity index (χ3n) is 1.73. The molecular formula is C8H10NO2+. The Labute approximate surface area is 64.9 Å². The molecule has 11 heavy (non-hydrogen) atoms. The number of quaternary nitrogens is 1. The van der Waals surface area contributed by atoms with Gasteiger partial charge in [0, 0.05) is 12.1 Å². The van der Waals surface area contributed by atoms with Crippen molar-refractivity contribution in [1.82, 2.24) is 0 Å². The fourth-order valence-corrected chi connectivity index (χ4v) is 1.09. The van der Waals surface area contributed by atoms with Gasteiger partial charge in [0.1, 0.15) is 5.69 Å². The van der Waals surface area contributed by atoms with Gasteiger partial charge in [-0.3, -0.25) is 0 Å². The molecule has 0 aromatic heterocycles. The molecule has 3 nitrogen and oxygen atoms in total. The zero-order chi connectivity index (χ0) is 7.68. The lowest BCUT2D eigenvalue weighted by molar-refractivity contribution is -0.539. The van der Waals surface area contributed by atoms with Crippen LogP contribution in [0.2, 0.25) is 0 Å². The van der Waals surface area contributed by atoms with Gasteiger partial charge in [0.25, 0.3) is 0 Å². The van der Waals surface area contributed by atoms with E-state index in [1.807, 2.05) is 30.6 Å². The first-order valence-electron chi connectivity index (χ1n) is 3.59. The topological polar surface area (TPSA) is 35.1 Å². The van der Waals surface area contributed by atoms with Crippen molar-refractivity contribution >= 4 is 5.69 Å². The summed E-state index contributed by atoms with van der Waals surface area (Å²) in [5.41, 5.74) is 1.16. The number of rotatable bonds is 1. The highest BCUT2D eigenvalue weighted by molar-refractivity contribution is 5.49. The van der Waals surface area contributed by atoms with Gasteiger partial charge in [0.2, 0.25) is 6.79 Å². The van der Waals surface area contributed by atoms with Crippen molar-refractivity contribution < 1.29 is 14.8 Å². The van der Waals surface area contributed by atoms with Gasteiger partial charge >= 0.3 is 0 Å². The Morgan fingerprint density at radius 1 is 1.27 bits per heavy atom. The van der Waals surface area contributed by atoms with Crippen LogP contribution >= 0.6 is 0 Å². The standard InChI is InChI=1S/C8H9NO2/c1-9-6-2-3-7-8(4-6)11-5-10-7/h2-4,9H,5H2,1H3/p+1. The molecule has 0 radical (unpaired) electrons. The molecule has 3 heteroatoms. The molecule has 0 atom stereocenters. The monoisotopic (exact) mass is 152 g/mol. The molecule has 1 aromatic carbocycles. The van der Waals surface area contributed by atoms with E-state index in [9.17, 15) is 0 Å². The van der Waals surface area contributed by atoms with Crippen LogP contribution in [0, 0.1) is 0 Å². The van der Waals surface area contributed by atoms with Crippen molar-refractivity contribution in [2.45, 2.75) is 0 Å². The summed E-state index contributed by atoms with van der Waals surface area (Å²) in [6, 6.07) is 5.91. The first kappa shape index (κ1) is 6.49. The quantitative estimate of drug-likeness (QED) is 0.585. The molecule has 1 aliphatic heterocycles. The molecule has 0 saturated carbocycles. The van der Waals surface area contributed by atoms with E-state index in [2.05, 4.69) is 0 Å². The predicted octanol–water partition coefficient (Wildman–Crippen LogP) is 0.240. The van der Waals surface area contributed by atoms with E-state index >= 15 is 0 Å². The van der Waals surface area contributed by atoms with E-state index in [-0.39, 0.29) is 0 Å². The van der Waals surface area contributed by atoms with Crippen LogP contribution in [0.5, 0.6) is 11.5 Å². The van der Waals surface area contributed by atoms with Gasteiger partial charge in [-0.25, -0.2) is 0 Å². The Morgan fingerprint density at radius 3 is 2.91 bits per heavy atom.